The van der Waals surface area contributed by atoms with Crippen molar-refractivity contribution in [2.45, 2.75) is 0 Å². The quantitative estimate of drug-likeness (QED) is 0.726. The first kappa shape index (κ1) is 10.2. The molecule has 0 spiro atoms. The summed E-state index contributed by atoms with van der Waals surface area (Å²) >= 11 is 0. The van der Waals surface area contributed by atoms with Crippen LogP contribution in [0, 0.1) is 5.82 Å². The van der Waals surface area contributed by atoms with E-state index >= 15 is 0 Å². The number of halogens is 1. The molecule has 4 nitrogen and oxygen atoms in total. The van der Waals surface area contributed by atoms with E-state index in [-0.39, 0.29) is 16.9 Å². The summed E-state index contributed by atoms with van der Waals surface area (Å²) in [6.07, 6.45) is 0.419. The van der Waals surface area contributed by atoms with Gasteiger partial charge in [-0.15, -0.1) is 0 Å². The lowest BCUT2D eigenvalue weighted by Crippen LogP contribution is -2.16. The lowest BCUT2D eigenvalue weighted by atomic mass is 10.1. The van der Waals surface area contributed by atoms with E-state index in [9.17, 15) is 14.0 Å². The van der Waals surface area contributed by atoms with E-state index in [0.717, 1.165) is 6.07 Å². The molecule has 0 aliphatic carbocycles. The van der Waals surface area contributed by atoms with Crippen molar-refractivity contribution in [3.8, 4) is 5.75 Å². The molecule has 5 heteroatoms. The molecule has 1 rings (SSSR count). The second-order valence-corrected chi connectivity index (χ2v) is 2.53. The zero-order chi connectivity index (χ0) is 10.7. The molecule has 14 heavy (non-hydrogen) atoms. The topological polar surface area (TPSA) is 69.4 Å². The van der Waals surface area contributed by atoms with Gasteiger partial charge in [0.15, 0.2) is 17.9 Å². The predicted molar refractivity (Wildman–Crippen MR) is 46.9 cm³/mol. The summed E-state index contributed by atoms with van der Waals surface area (Å²) in [5.41, 5.74) is 4.77. The maximum absolute atomic E-state index is 13.1. The number of hydrogen-bond donors (Lipinski definition) is 1. The van der Waals surface area contributed by atoms with Crippen molar-refractivity contribution < 1.29 is 18.7 Å². The average molecular weight is 197 g/mol. The smallest absolute Gasteiger partial charge is 0.253 e. The lowest BCUT2D eigenvalue weighted by Gasteiger charge is -2.08. The second-order valence-electron chi connectivity index (χ2n) is 2.53. The molecule has 2 N–H and O–H groups in total. The Labute approximate surface area is 79.5 Å². The molecular formula is C9H8FNO3. The number of carbonyl (C=O) groups excluding carboxylic acids is 2. The van der Waals surface area contributed by atoms with Crippen LogP contribution in [0.4, 0.5) is 4.39 Å². The van der Waals surface area contributed by atoms with E-state index in [1.165, 1.54) is 13.2 Å². The molecule has 1 amide bonds. The first-order chi connectivity index (χ1) is 6.61. The average Bonchev–Trinajstić information content (AvgIpc) is 2.17. The fraction of sp³-hybridized carbons (Fsp3) is 0.111. The third-order valence-corrected chi connectivity index (χ3v) is 1.72. The van der Waals surface area contributed by atoms with E-state index in [4.69, 9.17) is 5.73 Å². The normalized spacial score (nSPS) is 9.57. The van der Waals surface area contributed by atoms with Gasteiger partial charge < -0.3 is 10.5 Å². The van der Waals surface area contributed by atoms with Crippen LogP contribution in [0.15, 0.2) is 12.1 Å². The molecule has 0 aromatic heterocycles. The Morgan fingerprint density at radius 1 is 1.57 bits per heavy atom. The number of benzene rings is 1. The number of nitrogens with two attached hydrogens (primary N) is 1. The molecule has 1 aromatic carbocycles. The summed E-state index contributed by atoms with van der Waals surface area (Å²) in [5.74, 6) is -1.93. The molecule has 0 saturated heterocycles. The molecule has 0 aliphatic heterocycles. The number of hydrogen-bond acceptors (Lipinski definition) is 3. The maximum Gasteiger partial charge on any atom is 0.253 e. The molecule has 0 radical (unpaired) electrons. The molecule has 0 bridgehead atoms. The van der Waals surface area contributed by atoms with Gasteiger partial charge in [-0.05, 0) is 12.1 Å². The standard InChI is InChI=1S/C9H8FNO3/c1-14-8-6(10)3-2-5(4-12)7(8)9(11)13/h2-4H,1H3,(H2,11,13). The highest BCUT2D eigenvalue weighted by Gasteiger charge is 2.18. The van der Waals surface area contributed by atoms with Gasteiger partial charge in [0.05, 0.1) is 12.7 Å². The minimum Gasteiger partial charge on any atom is -0.493 e. The number of aldehydes is 1. The Bertz CT molecular complexity index is 390. The van der Waals surface area contributed by atoms with Crippen LogP contribution in [0.25, 0.3) is 0 Å². The number of ether oxygens (including phenoxy) is 1. The molecule has 0 fully saturated rings. The van der Waals surface area contributed by atoms with Crippen LogP contribution in [-0.2, 0) is 0 Å². The van der Waals surface area contributed by atoms with Crippen molar-refractivity contribution in [1.82, 2.24) is 0 Å². The highest BCUT2D eigenvalue weighted by molar-refractivity contribution is 6.03. The molecule has 0 atom stereocenters. The van der Waals surface area contributed by atoms with Crippen molar-refractivity contribution in [2.24, 2.45) is 5.73 Å². The van der Waals surface area contributed by atoms with Crippen molar-refractivity contribution >= 4 is 12.2 Å². The van der Waals surface area contributed by atoms with Crippen LogP contribution < -0.4 is 10.5 Å². The molecule has 0 saturated carbocycles. The van der Waals surface area contributed by atoms with Gasteiger partial charge in [-0.25, -0.2) is 4.39 Å². The van der Waals surface area contributed by atoms with E-state index in [0.29, 0.717) is 6.29 Å². The Morgan fingerprint density at radius 3 is 2.64 bits per heavy atom. The van der Waals surface area contributed by atoms with E-state index in [2.05, 4.69) is 4.74 Å². The summed E-state index contributed by atoms with van der Waals surface area (Å²) in [6.45, 7) is 0. The van der Waals surface area contributed by atoms with E-state index in [1.807, 2.05) is 0 Å². The summed E-state index contributed by atoms with van der Waals surface area (Å²) in [4.78, 5) is 21.5. The van der Waals surface area contributed by atoms with Gasteiger partial charge in [-0.3, -0.25) is 9.59 Å². The van der Waals surface area contributed by atoms with E-state index < -0.39 is 11.7 Å². The SMILES string of the molecule is COc1c(F)ccc(C=O)c1C(N)=O. The number of amides is 1. The number of methoxy groups -OCH3 is 1. The summed E-state index contributed by atoms with van der Waals surface area (Å²) in [7, 11) is 1.19. The van der Waals surface area contributed by atoms with Crippen LogP contribution in [0.2, 0.25) is 0 Å². The van der Waals surface area contributed by atoms with Crippen LogP contribution in [-0.4, -0.2) is 19.3 Å². The minimum absolute atomic E-state index is 0.00995. The van der Waals surface area contributed by atoms with Gasteiger partial charge in [-0.2, -0.15) is 0 Å². The van der Waals surface area contributed by atoms with Crippen molar-refractivity contribution in [3.05, 3.63) is 29.1 Å². The highest BCUT2D eigenvalue weighted by Crippen LogP contribution is 2.24. The monoisotopic (exact) mass is 197 g/mol. The van der Waals surface area contributed by atoms with Crippen molar-refractivity contribution in [1.29, 1.82) is 0 Å². The van der Waals surface area contributed by atoms with Gasteiger partial charge in [0.2, 0.25) is 0 Å². The van der Waals surface area contributed by atoms with Gasteiger partial charge in [0, 0.05) is 5.56 Å². The number of carbonyl (C=O) groups is 2. The molecule has 0 unspecified atom stereocenters. The zero-order valence-corrected chi connectivity index (χ0v) is 7.41. The Kier molecular flexibility index (Phi) is 2.81. The maximum atomic E-state index is 13.1. The highest BCUT2D eigenvalue weighted by atomic mass is 19.1. The predicted octanol–water partition coefficient (Wildman–Crippen LogP) is 0.746. The number of rotatable bonds is 3. The van der Waals surface area contributed by atoms with Gasteiger partial charge in [-0.1, -0.05) is 0 Å². The second kappa shape index (κ2) is 3.87. The number of primary amides is 1. The van der Waals surface area contributed by atoms with Crippen LogP contribution >= 0.6 is 0 Å². The Morgan fingerprint density at radius 2 is 2.21 bits per heavy atom. The third-order valence-electron chi connectivity index (χ3n) is 1.72. The van der Waals surface area contributed by atoms with E-state index in [1.54, 1.807) is 0 Å². The van der Waals surface area contributed by atoms with Crippen LogP contribution in [0.1, 0.15) is 20.7 Å². The van der Waals surface area contributed by atoms with Crippen LogP contribution in [0.5, 0.6) is 5.75 Å². The first-order valence-electron chi connectivity index (χ1n) is 3.73. The lowest BCUT2D eigenvalue weighted by molar-refractivity contribution is 0.0989. The van der Waals surface area contributed by atoms with Crippen LogP contribution in [0.3, 0.4) is 0 Å². The molecular weight excluding hydrogens is 189 g/mol. The molecule has 0 aliphatic rings. The molecule has 0 heterocycles. The summed E-state index contributed by atoms with van der Waals surface area (Å²) in [6, 6.07) is 2.21. The summed E-state index contributed by atoms with van der Waals surface area (Å²) in [5, 5.41) is 0. The van der Waals surface area contributed by atoms with Gasteiger partial charge in [0.1, 0.15) is 0 Å². The first-order valence-corrected chi connectivity index (χ1v) is 3.73. The molecule has 1 aromatic rings. The Hall–Kier alpha value is -1.91. The van der Waals surface area contributed by atoms with Crippen molar-refractivity contribution in [2.75, 3.05) is 7.11 Å². The fourth-order valence-electron chi connectivity index (χ4n) is 1.12. The van der Waals surface area contributed by atoms with Crippen molar-refractivity contribution in [3.63, 3.8) is 0 Å². The minimum atomic E-state index is -0.900. The summed E-state index contributed by atoms with van der Waals surface area (Å²) < 4.78 is 17.7. The Balaban J connectivity index is 3.51. The third kappa shape index (κ3) is 1.56. The largest absolute Gasteiger partial charge is 0.493 e. The molecule has 74 valence electrons. The van der Waals surface area contributed by atoms with Gasteiger partial charge in [0.25, 0.3) is 5.91 Å². The zero-order valence-electron chi connectivity index (χ0n) is 7.41. The van der Waals surface area contributed by atoms with Gasteiger partial charge >= 0.3 is 0 Å². The fourth-order valence-corrected chi connectivity index (χ4v) is 1.12.